The monoisotopic (exact) mass is 349 g/mol. The number of aryl methyl sites for hydroxylation is 1. The van der Waals surface area contributed by atoms with E-state index in [1.54, 1.807) is 25.4 Å². The zero-order valence-corrected chi connectivity index (χ0v) is 14.2. The summed E-state index contributed by atoms with van der Waals surface area (Å²) in [5.41, 5.74) is 2.60. The molecule has 3 rings (SSSR count). The Bertz CT molecular complexity index is 688. The van der Waals surface area contributed by atoms with Crippen molar-refractivity contribution in [3.8, 4) is 5.88 Å². The van der Waals surface area contributed by atoms with Crippen molar-refractivity contribution < 1.29 is 19.3 Å². The Morgan fingerprint density at radius 3 is 2.83 bits per heavy atom. The summed E-state index contributed by atoms with van der Waals surface area (Å²) in [6.45, 7) is 1.10. The molecule has 1 aromatic carbocycles. The second-order valence-electron chi connectivity index (χ2n) is 5.58. The van der Waals surface area contributed by atoms with Crippen molar-refractivity contribution in [1.82, 2.24) is 4.98 Å². The van der Waals surface area contributed by atoms with Crippen LogP contribution in [0.1, 0.15) is 35.5 Å². The van der Waals surface area contributed by atoms with Gasteiger partial charge >= 0.3 is 0 Å². The van der Waals surface area contributed by atoms with Crippen LogP contribution in [-0.2, 0) is 15.9 Å². The smallest absolute Gasteiger partial charge is 0.221 e. The Labute approximate surface area is 146 Å². The van der Waals surface area contributed by atoms with Crippen molar-refractivity contribution in [2.24, 2.45) is 0 Å². The first-order chi connectivity index (χ1) is 11.7. The molecule has 2 heterocycles. The van der Waals surface area contributed by atoms with Gasteiger partial charge in [0.25, 0.3) is 0 Å². The van der Waals surface area contributed by atoms with Gasteiger partial charge in [-0.15, -0.1) is 0 Å². The lowest BCUT2D eigenvalue weighted by Crippen LogP contribution is -2.09. The Balaban J connectivity index is 1.77. The highest BCUT2D eigenvalue weighted by Gasteiger charge is 2.26. The Morgan fingerprint density at radius 2 is 2.12 bits per heavy atom. The fraction of sp³-hybridized carbons (Fsp3) is 0.389. The first-order valence-electron chi connectivity index (χ1n) is 7.87. The largest absolute Gasteiger partial charge is 0.481 e. The summed E-state index contributed by atoms with van der Waals surface area (Å²) >= 11 is 5.99. The number of pyridine rings is 1. The normalized spacial score (nSPS) is 16.3. The molecule has 1 aromatic heterocycles. The lowest BCUT2D eigenvalue weighted by atomic mass is 9.98. The molecular weight excluding hydrogens is 330 g/mol. The number of ether oxygens (including phenoxy) is 3. The number of halogens is 1. The van der Waals surface area contributed by atoms with E-state index in [1.807, 2.05) is 18.2 Å². The predicted octanol–water partition coefficient (Wildman–Crippen LogP) is 3.46. The quantitative estimate of drug-likeness (QED) is 0.865. The number of hydrogen-bond acceptors (Lipinski definition) is 5. The van der Waals surface area contributed by atoms with Gasteiger partial charge in [-0.2, -0.15) is 0 Å². The summed E-state index contributed by atoms with van der Waals surface area (Å²) in [6.07, 6.45) is 1.82. The van der Waals surface area contributed by atoms with Crippen molar-refractivity contribution in [3.05, 3.63) is 58.2 Å². The summed E-state index contributed by atoms with van der Waals surface area (Å²) in [5.74, 6) is 0.497. The Kier molecular flexibility index (Phi) is 5.68. The van der Waals surface area contributed by atoms with Crippen LogP contribution in [0.3, 0.4) is 0 Å². The number of methoxy groups -OCH3 is 1. The standard InChI is InChI=1S/C18H20ClNO4/c1-22-17-16(18-23-9-10-24-18)12(7-8-20-17)5-6-15(21)13-3-2-4-14(19)11-13/h2-4,7-8,11,15,18,21H,5-6,9-10H2,1H3/t15-/m1/s1. The van der Waals surface area contributed by atoms with Crippen LogP contribution in [0.2, 0.25) is 5.02 Å². The summed E-state index contributed by atoms with van der Waals surface area (Å²) in [6, 6.07) is 9.19. The van der Waals surface area contributed by atoms with Gasteiger partial charge in [-0.05, 0) is 42.2 Å². The molecule has 1 saturated heterocycles. The highest BCUT2D eigenvalue weighted by Crippen LogP contribution is 2.34. The fourth-order valence-corrected chi connectivity index (χ4v) is 3.02. The van der Waals surface area contributed by atoms with E-state index in [-0.39, 0.29) is 0 Å². The zero-order valence-electron chi connectivity index (χ0n) is 13.4. The molecule has 0 spiro atoms. The summed E-state index contributed by atoms with van der Waals surface area (Å²) < 4.78 is 16.6. The zero-order chi connectivity index (χ0) is 16.9. The van der Waals surface area contributed by atoms with E-state index in [0.29, 0.717) is 37.0 Å². The Hall–Kier alpha value is -1.66. The lowest BCUT2D eigenvalue weighted by molar-refractivity contribution is -0.0465. The van der Waals surface area contributed by atoms with Gasteiger partial charge in [-0.1, -0.05) is 23.7 Å². The summed E-state index contributed by atoms with van der Waals surface area (Å²) in [5, 5.41) is 11.0. The summed E-state index contributed by atoms with van der Waals surface area (Å²) in [7, 11) is 1.57. The average molecular weight is 350 g/mol. The van der Waals surface area contributed by atoms with E-state index in [0.717, 1.165) is 16.7 Å². The van der Waals surface area contributed by atoms with Crippen molar-refractivity contribution in [3.63, 3.8) is 0 Å². The van der Waals surface area contributed by atoms with E-state index >= 15 is 0 Å². The number of hydrogen-bond donors (Lipinski definition) is 1. The van der Waals surface area contributed by atoms with Crippen LogP contribution in [0.5, 0.6) is 5.88 Å². The van der Waals surface area contributed by atoms with Crippen molar-refractivity contribution in [2.75, 3.05) is 20.3 Å². The molecule has 0 radical (unpaired) electrons. The van der Waals surface area contributed by atoms with Crippen LogP contribution in [-0.4, -0.2) is 30.4 Å². The highest BCUT2D eigenvalue weighted by molar-refractivity contribution is 6.30. The molecule has 1 N–H and O–H groups in total. The van der Waals surface area contributed by atoms with Gasteiger partial charge in [0.2, 0.25) is 5.88 Å². The number of aliphatic hydroxyl groups is 1. The third kappa shape index (κ3) is 3.87. The Morgan fingerprint density at radius 1 is 1.33 bits per heavy atom. The van der Waals surface area contributed by atoms with Gasteiger partial charge in [0.05, 0.1) is 32.0 Å². The molecule has 1 atom stereocenters. The topological polar surface area (TPSA) is 60.8 Å². The van der Waals surface area contributed by atoms with Gasteiger partial charge in [-0.25, -0.2) is 4.98 Å². The second-order valence-corrected chi connectivity index (χ2v) is 6.01. The molecule has 0 saturated carbocycles. The highest BCUT2D eigenvalue weighted by atomic mass is 35.5. The number of aromatic nitrogens is 1. The fourth-order valence-electron chi connectivity index (χ4n) is 2.82. The van der Waals surface area contributed by atoms with E-state index < -0.39 is 12.4 Å². The van der Waals surface area contributed by atoms with Crippen molar-refractivity contribution in [1.29, 1.82) is 0 Å². The molecule has 0 aliphatic carbocycles. The van der Waals surface area contributed by atoms with Gasteiger partial charge in [0.15, 0.2) is 6.29 Å². The van der Waals surface area contributed by atoms with Gasteiger partial charge < -0.3 is 19.3 Å². The molecule has 0 unspecified atom stereocenters. The molecule has 0 bridgehead atoms. The predicted molar refractivity (Wildman–Crippen MR) is 90.2 cm³/mol. The second kappa shape index (κ2) is 7.94. The van der Waals surface area contributed by atoms with Gasteiger partial charge in [-0.3, -0.25) is 0 Å². The average Bonchev–Trinajstić information content (AvgIpc) is 3.13. The van der Waals surface area contributed by atoms with Crippen LogP contribution in [0, 0.1) is 0 Å². The van der Waals surface area contributed by atoms with Gasteiger partial charge in [0, 0.05) is 11.2 Å². The molecule has 1 fully saturated rings. The van der Waals surface area contributed by atoms with E-state index in [9.17, 15) is 5.11 Å². The molecule has 5 nitrogen and oxygen atoms in total. The molecule has 0 amide bonds. The number of nitrogens with zero attached hydrogens (tertiary/aromatic N) is 1. The van der Waals surface area contributed by atoms with Gasteiger partial charge in [0.1, 0.15) is 0 Å². The van der Waals surface area contributed by atoms with Crippen LogP contribution in [0.4, 0.5) is 0 Å². The first kappa shape index (κ1) is 17.2. The van der Waals surface area contributed by atoms with Crippen LogP contribution >= 0.6 is 11.6 Å². The first-order valence-corrected chi connectivity index (χ1v) is 8.25. The van der Waals surface area contributed by atoms with Crippen LogP contribution in [0.15, 0.2) is 36.5 Å². The molecule has 1 aliphatic rings. The maximum atomic E-state index is 10.4. The van der Waals surface area contributed by atoms with E-state index in [2.05, 4.69) is 4.98 Å². The molecular formula is C18H20ClNO4. The molecule has 128 valence electrons. The maximum absolute atomic E-state index is 10.4. The number of aliphatic hydroxyl groups excluding tert-OH is 1. The van der Waals surface area contributed by atoms with E-state index in [1.165, 1.54) is 0 Å². The van der Waals surface area contributed by atoms with Crippen LogP contribution in [0.25, 0.3) is 0 Å². The summed E-state index contributed by atoms with van der Waals surface area (Å²) in [4.78, 5) is 4.24. The minimum absolute atomic E-state index is 0.466. The lowest BCUT2D eigenvalue weighted by Gasteiger charge is -2.18. The van der Waals surface area contributed by atoms with E-state index in [4.69, 9.17) is 25.8 Å². The molecule has 1 aliphatic heterocycles. The number of rotatable bonds is 6. The van der Waals surface area contributed by atoms with Crippen molar-refractivity contribution in [2.45, 2.75) is 25.2 Å². The molecule has 24 heavy (non-hydrogen) atoms. The SMILES string of the molecule is COc1nccc(CC[C@@H](O)c2cccc(Cl)c2)c1C1OCCO1. The third-order valence-electron chi connectivity index (χ3n) is 4.02. The van der Waals surface area contributed by atoms with Crippen molar-refractivity contribution >= 4 is 11.6 Å². The maximum Gasteiger partial charge on any atom is 0.221 e. The van der Waals surface area contributed by atoms with Crippen LogP contribution < -0.4 is 4.74 Å². The minimum Gasteiger partial charge on any atom is -0.481 e. The number of benzene rings is 1. The molecule has 2 aromatic rings. The minimum atomic E-state index is -0.596. The third-order valence-corrected chi connectivity index (χ3v) is 4.25. The molecule has 6 heteroatoms.